The molecular formula is C29H24Cl3F3N4O6. The molecule has 10 nitrogen and oxygen atoms in total. The summed E-state index contributed by atoms with van der Waals surface area (Å²) in [6.07, 6.45) is -3.43. The third-order valence-corrected chi connectivity index (χ3v) is 11.0. The maximum absolute atomic E-state index is 14.1. The van der Waals surface area contributed by atoms with Gasteiger partial charge in [0.05, 0.1) is 24.0 Å². The van der Waals surface area contributed by atoms with E-state index in [2.05, 4.69) is 4.98 Å². The number of amides is 4. The molecule has 4 aliphatic rings. The van der Waals surface area contributed by atoms with Crippen molar-refractivity contribution in [3.63, 3.8) is 0 Å². The van der Waals surface area contributed by atoms with Crippen molar-refractivity contribution in [2.75, 3.05) is 26.2 Å². The van der Waals surface area contributed by atoms with Crippen LogP contribution >= 0.6 is 34.8 Å². The summed E-state index contributed by atoms with van der Waals surface area (Å²) in [5.41, 5.74) is -0.502. The van der Waals surface area contributed by atoms with E-state index < -0.39 is 74.7 Å². The number of rotatable bonds is 4. The third-order valence-electron chi connectivity index (χ3n) is 9.25. The average molecular weight is 688 g/mol. The summed E-state index contributed by atoms with van der Waals surface area (Å²) in [5, 5.41) is 12.0. The number of methoxy groups -OCH3 is 1. The number of likely N-dealkylation sites (tertiary alicyclic amines) is 1. The summed E-state index contributed by atoms with van der Waals surface area (Å²) in [6, 6.07) is 5.98. The molecule has 45 heavy (non-hydrogen) atoms. The number of fused-ring (bicyclic) bond motifs is 4. The number of hydrogen-bond acceptors (Lipinski definition) is 8. The number of ether oxygens (including phenoxy) is 1. The zero-order valence-electron chi connectivity index (χ0n) is 23.7. The predicted octanol–water partition coefficient (Wildman–Crippen LogP) is 4.51. The number of imide groups is 2. The fourth-order valence-corrected chi connectivity index (χ4v) is 8.44. The molecule has 2 aliphatic carbocycles. The Balaban J connectivity index is 1.46. The van der Waals surface area contributed by atoms with Crippen molar-refractivity contribution >= 4 is 64.2 Å². The van der Waals surface area contributed by atoms with Gasteiger partial charge in [-0.2, -0.15) is 18.2 Å². The van der Waals surface area contributed by atoms with Gasteiger partial charge < -0.3 is 9.84 Å². The van der Waals surface area contributed by atoms with Crippen molar-refractivity contribution in [3.05, 3.63) is 58.3 Å². The number of phenols is 1. The lowest BCUT2D eigenvalue weighted by molar-refractivity contribution is -0.141. The number of allylic oxidation sites excluding steroid dienone is 2. The molecule has 238 valence electrons. The van der Waals surface area contributed by atoms with Gasteiger partial charge in [-0.05, 0) is 48.6 Å². The maximum atomic E-state index is 14.1. The number of aromatic hydroxyl groups is 1. The smallest absolute Gasteiger partial charge is 0.433 e. The van der Waals surface area contributed by atoms with Crippen LogP contribution in [0.4, 0.5) is 19.0 Å². The first-order valence-electron chi connectivity index (χ1n) is 13.6. The van der Waals surface area contributed by atoms with Gasteiger partial charge in [0.1, 0.15) is 5.69 Å². The van der Waals surface area contributed by atoms with E-state index in [0.29, 0.717) is 22.2 Å². The molecule has 4 amide bonds. The summed E-state index contributed by atoms with van der Waals surface area (Å²) in [6.45, 7) is 0. The zero-order valence-corrected chi connectivity index (χ0v) is 26.0. The highest BCUT2D eigenvalue weighted by atomic mass is 35.5. The highest BCUT2D eigenvalue weighted by Crippen LogP contribution is 2.65. The molecule has 3 fully saturated rings. The number of pyridine rings is 1. The van der Waals surface area contributed by atoms with Gasteiger partial charge >= 0.3 is 6.18 Å². The molecule has 6 atom stereocenters. The fraction of sp³-hybridized carbons (Fsp3) is 0.414. The predicted molar refractivity (Wildman–Crippen MR) is 155 cm³/mol. The van der Waals surface area contributed by atoms with Gasteiger partial charge in [-0.25, -0.2) is 4.98 Å². The van der Waals surface area contributed by atoms with Crippen LogP contribution in [0.3, 0.4) is 0 Å². The Morgan fingerprint density at radius 1 is 1.07 bits per heavy atom. The van der Waals surface area contributed by atoms with Crippen LogP contribution in [0.2, 0.25) is 5.02 Å². The average Bonchev–Trinajstić information content (AvgIpc) is 3.31. The summed E-state index contributed by atoms with van der Waals surface area (Å²) in [5.74, 6) is -7.78. The molecule has 0 bridgehead atoms. The highest BCUT2D eigenvalue weighted by molar-refractivity contribution is 6.53. The first-order valence-corrected chi connectivity index (χ1v) is 14.7. The van der Waals surface area contributed by atoms with E-state index in [1.807, 2.05) is 0 Å². The van der Waals surface area contributed by atoms with Crippen molar-refractivity contribution in [1.29, 1.82) is 0 Å². The molecule has 2 aliphatic heterocycles. The number of hydrogen-bond donors (Lipinski definition) is 1. The Labute approximate surface area is 269 Å². The first kappa shape index (κ1) is 31.4. The number of carbonyl (C=O) groups is 4. The van der Waals surface area contributed by atoms with Crippen LogP contribution in [-0.2, 0) is 25.4 Å². The number of alkyl halides is 5. The number of phenolic OH excluding ortho intramolecular Hbond substituents is 1. The SMILES string of the molecule is COc1ccc(C2C3=CCC4C(=O)N(N(C)c5nc(C(F)(F)F)ccc5Cl)C(=O)C4C3CC3(Cl)C(=O)N(C)C(=O)C23Cl)cc1O. The van der Waals surface area contributed by atoms with E-state index >= 15 is 0 Å². The van der Waals surface area contributed by atoms with Gasteiger partial charge in [-0.1, -0.05) is 29.3 Å². The Hall–Kier alpha value is -3.55. The first-order chi connectivity index (χ1) is 21.0. The van der Waals surface area contributed by atoms with E-state index in [9.17, 15) is 37.5 Å². The van der Waals surface area contributed by atoms with Crippen molar-refractivity contribution in [2.24, 2.45) is 17.8 Å². The maximum Gasteiger partial charge on any atom is 0.433 e. The number of carbonyl (C=O) groups excluding carboxylic acids is 4. The molecule has 2 aromatic rings. The molecule has 1 saturated carbocycles. The topological polar surface area (TPSA) is 120 Å². The van der Waals surface area contributed by atoms with Crippen LogP contribution in [-0.4, -0.2) is 74.6 Å². The number of aromatic nitrogens is 1. The van der Waals surface area contributed by atoms with Gasteiger partial charge in [0.2, 0.25) is 0 Å². The Morgan fingerprint density at radius 3 is 2.38 bits per heavy atom. The quantitative estimate of drug-likeness (QED) is 0.284. The Morgan fingerprint density at radius 2 is 1.76 bits per heavy atom. The second kappa shape index (κ2) is 10.2. The third kappa shape index (κ3) is 4.19. The molecule has 1 N–H and O–H groups in total. The standard InChI is InChI=1S/C29H24Cl3F3N4O6/c1-37-25(43)27(31)11-15-13(21(28(27,32)26(37)44)12-4-8-18(45-3)17(40)10-12)5-6-14-20(15)24(42)39(23(14)41)38(2)22-16(30)7-9-19(36-22)29(33,34)35/h4-5,7-10,14-15,20-21,40H,6,11H2,1-3H3. The van der Waals surface area contributed by atoms with Crippen LogP contribution in [0.25, 0.3) is 0 Å². The molecule has 0 radical (unpaired) electrons. The second-order valence-electron chi connectivity index (χ2n) is 11.4. The van der Waals surface area contributed by atoms with E-state index in [0.717, 1.165) is 16.0 Å². The van der Waals surface area contributed by atoms with Crippen molar-refractivity contribution in [2.45, 2.75) is 34.7 Å². The Kier molecular flexibility index (Phi) is 7.15. The summed E-state index contributed by atoms with van der Waals surface area (Å²) >= 11 is 20.4. The van der Waals surface area contributed by atoms with E-state index in [-0.39, 0.29) is 29.4 Å². The molecule has 6 unspecified atom stereocenters. The molecule has 1 aromatic heterocycles. The molecule has 16 heteroatoms. The van der Waals surface area contributed by atoms with Crippen LogP contribution < -0.4 is 9.75 Å². The lowest BCUT2D eigenvalue weighted by Gasteiger charge is -2.50. The minimum Gasteiger partial charge on any atom is -0.504 e. The molecular weight excluding hydrogens is 664 g/mol. The Bertz CT molecular complexity index is 1720. The highest BCUT2D eigenvalue weighted by Gasteiger charge is 2.76. The van der Waals surface area contributed by atoms with Crippen molar-refractivity contribution < 1.29 is 42.2 Å². The van der Waals surface area contributed by atoms with Gasteiger partial charge in [0.15, 0.2) is 27.1 Å². The van der Waals surface area contributed by atoms with E-state index in [1.54, 1.807) is 12.1 Å². The molecule has 1 aromatic carbocycles. The largest absolute Gasteiger partial charge is 0.504 e. The van der Waals surface area contributed by atoms with Crippen LogP contribution in [0.5, 0.6) is 11.5 Å². The zero-order chi connectivity index (χ0) is 33.0. The summed E-state index contributed by atoms with van der Waals surface area (Å²) in [4.78, 5) is 55.4. The number of anilines is 1. The number of halogens is 6. The van der Waals surface area contributed by atoms with Crippen molar-refractivity contribution in [3.8, 4) is 11.5 Å². The lowest BCUT2D eigenvalue weighted by atomic mass is 9.56. The van der Waals surface area contributed by atoms with Gasteiger partial charge in [0, 0.05) is 20.0 Å². The molecule has 0 spiro atoms. The number of nitrogens with zero attached hydrogens (tertiary/aromatic N) is 4. The van der Waals surface area contributed by atoms with Crippen LogP contribution in [0.1, 0.15) is 30.0 Å². The number of benzene rings is 1. The van der Waals surface area contributed by atoms with Crippen LogP contribution in [0.15, 0.2) is 42.0 Å². The van der Waals surface area contributed by atoms with E-state index in [4.69, 9.17) is 39.5 Å². The normalized spacial score (nSPS) is 31.1. The van der Waals surface area contributed by atoms with Gasteiger partial charge in [-0.3, -0.25) is 29.1 Å². The summed E-state index contributed by atoms with van der Waals surface area (Å²) in [7, 11) is 3.79. The molecule has 2 saturated heterocycles. The van der Waals surface area contributed by atoms with E-state index in [1.165, 1.54) is 33.3 Å². The second-order valence-corrected chi connectivity index (χ2v) is 13.1. The lowest BCUT2D eigenvalue weighted by Crippen LogP contribution is -2.60. The van der Waals surface area contributed by atoms with Gasteiger partial charge in [-0.15, -0.1) is 23.2 Å². The molecule has 6 rings (SSSR count). The monoisotopic (exact) mass is 686 g/mol. The van der Waals surface area contributed by atoms with Gasteiger partial charge in [0.25, 0.3) is 23.6 Å². The minimum atomic E-state index is -4.82. The van der Waals surface area contributed by atoms with Crippen LogP contribution in [0, 0.1) is 17.8 Å². The number of hydrazine groups is 1. The van der Waals surface area contributed by atoms with Crippen molar-refractivity contribution in [1.82, 2.24) is 14.9 Å². The summed E-state index contributed by atoms with van der Waals surface area (Å²) < 4.78 is 45.5. The minimum absolute atomic E-state index is 0.00797. The fourth-order valence-electron chi connectivity index (χ4n) is 7.19. The molecule has 3 heterocycles.